The van der Waals surface area contributed by atoms with Gasteiger partial charge in [-0.25, -0.2) is 0 Å². The lowest BCUT2D eigenvalue weighted by atomic mass is 9.99. The summed E-state index contributed by atoms with van der Waals surface area (Å²) >= 11 is 1.21. The molecular formula is C24H29N3O2S. The molecule has 2 aromatic carbocycles. The monoisotopic (exact) mass is 423 g/mol. The van der Waals surface area contributed by atoms with Crippen LogP contribution in [-0.4, -0.2) is 28.5 Å². The number of carbonyl (C=O) groups is 1. The van der Waals surface area contributed by atoms with Crippen LogP contribution in [0.4, 0.5) is 5.69 Å². The van der Waals surface area contributed by atoms with E-state index in [0.717, 1.165) is 35.8 Å². The molecule has 0 saturated carbocycles. The maximum atomic E-state index is 12.7. The fraction of sp³-hybridized carbons (Fsp3) is 0.417. The highest BCUT2D eigenvalue weighted by atomic mass is 32.1. The first-order chi connectivity index (χ1) is 14.4. The maximum Gasteiger partial charge on any atom is 0.308 e. The topological polar surface area (TPSA) is 54.3 Å². The number of thiazole rings is 1. The minimum absolute atomic E-state index is 0.0298. The van der Waals surface area contributed by atoms with E-state index in [1.807, 2.05) is 56.3 Å². The highest BCUT2D eigenvalue weighted by molar-refractivity contribution is 7.16. The van der Waals surface area contributed by atoms with Crippen LogP contribution in [0.2, 0.25) is 0 Å². The van der Waals surface area contributed by atoms with Crippen LogP contribution in [0.15, 0.2) is 47.3 Å². The van der Waals surface area contributed by atoms with Crippen LogP contribution in [0, 0.1) is 5.92 Å². The van der Waals surface area contributed by atoms with Gasteiger partial charge in [-0.2, -0.15) is 0 Å². The number of benzene rings is 2. The predicted octanol–water partition coefficient (Wildman–Crippen LogP) is 5.13. The molecule has 1 atom stereocenters. The third-order valence-corrected chi connectivity index (χ3v) is 6.67. The van der Waals surface area contributed by atoms with Gasteiger partial charge in [-0.05, 0) is 75.0 Å². The van der Waals surface area contributed by atoms with Gasteiger partial charge in [0.15, 0.2) is 0 Å². The molecule has 5 nitrogen and oxygen atoms in total. The van der Waals surface area contributed by atoms with Gasteiger partial charge in [-0.3, -0.25) is 19.1 Å². The lowest BCUT2D eigenvalue weighted by Gasteiger charge is -2.30. The second-order valence-corrected chi connectivity index (χ2v) is 9.64. The third kappa shape index (κ3) is 4.50. The predicted molar refractivity (Wildman–Crippen MR) is 125 cm³/mol. The van der Waals surface area contributed by atoms with E-state index in [2.05, 4.69) is 17.1 Å². The van der Waals surface area contributed by atoms with E-state index >= 15 is 0 Å². The molecule has 0 aliphatic carbocycles. The molecule has 30 heavy (non-hydrogen) atoms. The highest BCUT2D eigenvalue weighted by Crippen LogP contribution is 2.24. The molecule has 0 spiro atoms. The van der Waals surface area contributed by atoms with Gasteiger partial charge in [0.05, 0.1) is 10.2 Å². The minimum atomic E-state index is -0.136. The van der Waals surface area contributed by atoms with Crippen LogP contribution in [0.25, 0.3) is 10.2 Å². The molecule has 2 heterocycles. The number of carbonyl (C=O) groups excluding carboxylic acids is 1. The summed E-state index contributed by atoms with van der Waals surface area (Å²) in [5.74, 6) is 0.625. The van der Waals surface area contributed by atoms with Crippen molar-refractivity contribution in [3.63, 3.8) is 0 Å². The van der Waals surface area contributed by atoms with Crippen LogP contribution in [0.5, 0.6) is 0 Å². The van der Waals surface area contributed by atoms with E-state index in [0.29, 0.717) is 11.3 Å². The molecule has 1 amide bonds. The number of hydrogen-bond acceptors (Lipinski definition) is 4. The van der Waals surface area contributed by atoms with E-state index in [-0.39, 0.29) is 16.8 Å². The molecule has 0 radical (unpaired) electrons. The lowest BCUT2D eigenvalue weighted by Crippen LogP contribution is -2.33. The van der Waals surface area contributed by atoms with Gasteiger partial charge in [0.1, 0.15) is 0 Å². The van der Waals surface area contributed by atoms with Gasteiger partial charge in [-0.1, -0.05) is 30.4 Å². The van der Waals surface area contributed by atoms with Crippen LogP contribution >= 0.6 is 11.3 Å². The van der Waals surface area contributed by atoms with E-state index in [9.17, 15) is 9.59 Å². The van der Waals surface area contributed by atoms with Crippen molar-refractivity contribution < 1.29 is 4.79 Å². The summed E-state index contributed by atoms with van der Waals surface area (Å²) < 4.78 is 2.67. The SMILES string of the molecule is CC(C)n1c(=O)sc2cc(NC(=O)c3ccc(CN4CCC[C@H](C)C4)cc3)ccc21. The van der Waals surface area contributed by atoms with Crippen molar-refractivity contribution in [1.82, 2.24) is 9.47 Å². The van der Waals surface area contributed by atoms with Gasteiger partial charge in [0, 0.05) is 30.4 Å². The zero-order chi connectivity index (χ0) is 21.3. The second kappa shape index (κ2) is 8.74. The molecule has 0 unspecified atom stereocenters. The Balaban J connectivity index is 1.44. The second-order valence-electron chi connectivity index (χ2n) is 8.65. The molecule has 0 bridgehead atoms. The maximum absolute atomic E-state index is 12.7. The largest absolute Gasteiger partial charge is 0.322 e. The van der Waals surface area contributed by atoms with E-state index in [1.165, 1.54) is 29.7 Å². The Labute approximate surface area is 181 Å². The molecule has 3 aromatic rings. The summed E-state index contributed by atoms with van der Waals surface area (Å²) in [7, 11) is 0. The van der Waals surface area contributed by atoms with Crippen LogP contribution < -0.4 is 10.2 Å². The number of likely N-dealkylation sites (tertiary alicyclic amines) is 1. The summed E-state index contributed by atoms with van der Waals surface area (Å²) in [4.78, 5) is 27.4. The smallest absolute Gasteiger partial charge is 0.308 e. The molecule has 6 heteroatoms. The zero-order valence-electron chi connectivity index (χ0n) is 17.9. The number of rotatable bonds is 5. The standard InChI is InChI=1S/C24H29N3O2S/c1-16(2)27-21-11-10-20(13-22(21)30-24(27)29)25-23(28)19-8-6-18(7-9-19)15-26-12-4-5-17(3)14-26/h6-11,13,16-17H,4-5,12,14-15H2,1-3H3,(H,25,28)/t17-/m0/s1. The van der Waals surface area contributed by atoms with Crippen molar-refractivity contribution in [2.24, 2.45) is 5.92 Å². The summed E-state index contributed by atoms with van der Waals surface area (Å²) in [5.41, 5.74) is 3.49. The summed E-state index contributed by atoms with van der Waals surface area (Å²) in [6, 6.07) is 13.6. The normalized spacial score (nSPS) is 17.5. The molecule has 4 rings (SSSR count). The number of nitrogens with one attached hydrogen (secondary N) is 1. The number of nitrogens with zero attached hydrogens (tertiary/aromatic N) is 2. The average Bonchev–Trinajstić information content (AvgIpc) is 3.03. The fourth-order valence-electron chi connectivity index (χ4n) is 4.26. The van der Waals surface area contributed by atoms with Crippen molar-refractivity contribution in [3.05, 3.63) is 63.3 Å². The van der Waals surface area contributed by atoms with E-state index < -0.39 is 0 Å². The zero-order valence-corrected chi connectivity index (χ0v) is 18.7. The Morgan fingerprint density at radius 3 is 2.67 bits per heavy atom. The number of anilines is 1. The molecular weight excluding hydrogens is 394 g/mol. The van der Waals surface area contributed by atoms with Crippen LogP contribution in [0.1, 0.15) is 55.6 Å². The summed E-state index contributed by atoms with van der Waals surface area (Å²) in [5, 5.41) is 2.96. The fourth-order valence-corrected chi connectivity index (χ4v) is 5.31. The first kappa shape index (κ1) is 20.8. The highest BCUT2D eigenvalue weighted by Gasteiger charge is 2.16. The molecule has 1 N–H and O–H groups in total. The number of amides is 1. The van der Waals surface area contributed by atoms with E-state index in [1.54, 1.807) is 4.57 Å². The molecule has 1 aliphatic rings. The van der Waals surface area contributed by atoms with Gasteiger partial charge in [0.25, 0.3) is 5.91 Å². The number of hydrogen-bond donors (Lipinski definition) is 1. The van der Waals surface area contributed by atoms with Crippen LogP contribution in [0.3, 0.4) is 0 Å². The Kier molecular flexibility index (Phi) is 6.06. The van der Waals surface area contributed by atoms with Crippen molar-refractivity contribution in [1.29, 1.82) is 0 Å². The van der Waals surface area contributed by atoms with E-state index in [4.69, 9.17) is 0 Å². The van der Waals surface area contributed by atoms with Gasteiger partial charge >= 0.3 is 4.87 Å². The molecule has 1 aromatic heterocycles. The first-order valence-electron chi connectivity index (χ1n) is 10.7. The molecule has 1 saturated heterocycles. The minimum Gasteiger partial charge on any atom is -0.322 e. The third-order valence-electron chi connectivity index (χ3n) is 5.75. The number of fused-ring (bicyclic) bond motifs is 1. The molecule has 1 aliphatic heterocycles. The Bertz CT molecular complexity index is 1100. The van der Waals surface area contributed by atoms with Crippen molar-refractivity contribution in [3.8, 4) is 0 Å². The quantitative estimate of drug-likeness (QED) is 0.619. The Morgan fingerprint density at radius 2 is 1.97 bits per heavy atom. The summed E-state index contributed by atoms with van der Waals surface area (Å²) in [6.45, 7) is 9.55. The molecule has 1 fully saturated rings. The first-order valence-corrected chi connectivity index (χ1v) is 11.5. The van der Waals surface area contributed by atoms with Gasteiger partial charge in [-0.15, -0.1) is 0 Å². The van der Waals surface area contributed by atoms with Crippen LogP contribution in [-0.2, 0) is 6.54 Å². The van der Waals surface area contributed by atoms with Crippen molar-refractivity contribution >= 4 is 33.1 Å². The summed E-state index contributed by atoms with van der Waals surface area (Å²) in [6.07, 6.45) is 2.59. The number of piperidine rings is 1. The number of aromatic nitrogens is 1. The van der Waals surface area contributed by atoms with Gasteiger partial charge in [0.2, 0.25) is 0 Å². The average molecular weight is 424 g/mol. The van der Waals surface area contributed by atoms with Gasteiger partial charge < -0.3 is 5.32 Å². The van der Waals surface area contributed by atoms with Crippen molar-refractivity contribution in [2.75, 3.05) is 18.4 Å². The Morgan fingerprint density at radius 1 is 1.20 bits per heavy atom. The van der Waals surface area contributed by atoms with Crippen molar-refractivity contribution in [2.45, 2.75) is 46.2 Å². The Hall–Kier alpha value is -2.44. The molecule has 158 valence electrons. The lowest BCUT2D eigenvalue weighted by molar-refractivity contribution is 0.102.